The van der Waals surface area contributed by atoms with Crippen LogP contribution in [0.15, 0.2) is 17.4 Å². The second-order valence-corrected chi connectivity index (χ2v) is 8.48. The third-order valence-electron chi connectivity index (χ3n) is 4.37. The Hall–Kier alpha value is -0.440. The Labute approximate surface area is 174 Å². The lowest BCUT2D eigenvalue weighted by molar-refractivity contribution is 0.418. The predicted octanol–water partition coefficient (Wildman–Crippen LogP) is 3.89. The van der Waals surface area contributed by atoms with Crippen molar-refractivity contribution in [3.05, 3.63) is 18.2 Å². The van der Waals surface area contributed by atoms with Crippen LogP contribution in [0, 0.1) is 5.92 Å². The van der Waals surface area contributed by atoms with Gasteiger partial charge in [0.15, 0.2) is 5.96 Å². The zero-order valence-electron chi connectivity index (χ0n) is 16.0. The minimum Gasteiger partial charge on any atom is -0.354 e. The van der Waals surface area contributed by atoms with Crippen LogP contribution in [0.5, 0.6) is 0 Å². The standard InChI is InChI=1S/C18H33N5S.HI/c1-5-24-16-8-6-7-15(11-16)22-18(19-4)21-12-17-20-9-10-23(17)13-14(2)3;/h9-10,14-16H,5-8,11-13H2,1-4H3,(H2,19,21,22);1H. The molecule has 1 aromatic rings. The van der Waals surface area contributed by atoms with Crippen LogP contribution in [-0.4, -0.2) is 39.6 Å². The third kappa shape index (κ3) is 7.76. The van der Waals surface area contributed by atoms with Crippen LogP contribution in [0.3, 0.4) is 0 Å². The van der Waals surface area contributed by atoms with Crippen molar-refractivity contribution in [3.63, 3.8) is 0 Å². The lowest BCUT2D eigenvalue weighted by Gasteiger charge is -2.30. The first-order valence-electron chi connectivity index (χ1n) is 9.21. The van der Waals surface area contributed by atoms with Crippen LogP contribution in [0.4, 0.5) is 0 Å². The first kappa shape index (κ1) is 22.6. The van der Waals surface area contributed by atoms with E-state index < -0.39 is 0 Å². The number of imidazole rings is 1. The Bertz CT molecular complexity index is 515. The summed E-state index contributed by atoms with van der Waals surface area (Å²) in [6.07, 6.45) is 9.08. The number of aliphatic imine (C=N–C) groups is 1. The molecule has 1 saturated carbocycles. The van der Waals surface area contributed by atoms with E-state index in [0.717, 1.165) is 23.6 Å². The van der Waals surface area contributed by atoms with Crippen molar-refractivity contribution in [2.24, 2.45) is 10.9 Å². The number of rotatable bonds is 7. The van der Waals surface area contributed by atoms with E-state index in [0.29, 0.717) is 18.5 Å². The number of nitrogens with zero attached hydrogens (tertiary/aromatic N) is 3. The van der Waals surface area contributed by atoms with Crippen molar-refractivity contribution in [2.75, 3.05) is 12.8 Å². The molecule has 0 amide bonds. The largest absolute Gasteiger partial charge is 0.354 e. The van der Waals surface area contributed by atoms with Gasteiger partial charge in [-0.1, -0.05) is 27.2 Å². The summed E-state index contributed by atoms with van der Waals surface area (Å²) in [6, 6.07) is 0.532. The number of halogens is 1. The maximum Gasteiger partial charge on any atom is 0.191 e. The van der Waals surface area contributed by atoms with Crippen LogP contribution in [0.2, 0.25) is 0 Å². The van der Waals surface area contributed by atoms with Crippen molar-refractivity contribution in [2.45, 2.75) is 70.8 Å². The van der Waals surface area contributed by atoms with E-state index in [9.17, 15) is 0 Å². The molecule has 1 aromatic heterocycles. The molecule has 2 N–H and O–H groups in total. The number of hydrogen-bond acceptors (Lipinski definition) is 3. The maximum atomic E-state index is 4.47. The van der Waals surface area contributed by atoms with Crippen molar-refractivity contribution >= 4 is 41.7 Å². The van der Waals surface area contributed by atoms with Gasteiger partial charge in [0.2, 0.25) is 0 Å². The number of hydrogen-bond donors (Lipinski definition) is 2. The number of nitrogens with one attached hydrogen (secondary N) is 2. The van der Waals surface area contributed by atoms with Crippen molar-refractivity contribution in [1.29, 1.82) is 0 Å². The summed E-state index contributed by atoms with van der Waals surface area (Å²) in [5.74, 6) is 3.78. The molecule has 0 saturated heterocycles. The Morgan fingerprint density at radius 1 is 1.44 bits per heavy atom. The van der Waals surface area contributed by atoms with Gasteiger partial charge in [-0.3, -0.25) is 4.99 Å². The van der Waals surface area contributed by atoms with Crippen LogP contribution >= 0.6 is 35.7 Å². The summed E-state index contributed by atoms with van der Waals surface area (Å²) in [6.45, 7) is 8.42. The summed E-state index contributed by atoms with van der Waals surface area (Å²) >= 11 is 2.10. The summed E-state index contributed by atoms with van der Waals surface area (Å²) in [5, 5.41) is 7.83. The van der Waals surface area contributed by atoms with Gasteiger partial charge in [-0.2, -0.15) is 11.8 Å². The minimum atomic E-state index is 0. The highest BCUT2D eigenvalue weighted by Gasteiger charge is 2.22. The molecule has 0 spiro atoms. The highest BCUT2D eigenvalue weighted by Crippen LogP contribution is 2.28. The fourth-order valence-electron chi connectivity index (χ4n) is 3.28. The summed E-state index contributed by atoms with van der Waals surface area (Å²) < 4.78 is 2.22. The molecule has 1 aliphatic carbocycles. The first-order chi connectivity index (χ1) is 11.6. The molecule has 25 heavy (non-hydrogen) atoms. The molecule has 144 valence electrons. The van der Waals surface area contributed by atoms with Gasteiger partial charge >= 0.3 is 0 Å². The van der Waals surface area contributed by atoms with Gasteiger partial charge in [0, 0.05) is 37.3 Å². The van der Waals surface area contributed by atoms with Crippen LogP contribution in [-0.2, 0) is 13.1 Å². The van der Waals surface area contributed by atoms with Crippen LogP contribution < -0.4 is 10.6 Å². The fourth-order valence-corrected chi connectivity index (χ4v) is 4.45. The van der Waals surface area contributed by atoms with E-state index >= 15 is 0 Å². The molecule has 1 heterocycles. The van der Waals surface area contributed by atoms with E-state index in [1.54, 1.807) is 0 Å². The molecule has 0 aliphatic heterocycles. The van der Waals surface area contributed by atoms with E-state index in [1.165, 1.54) is 31.4 Å². The van der Waals surface area contributed by atoms with Gasteiger partial charge in [-0.25, -0.2) is 4.98 Å². The molecule has 2 atom stereocenters. The zero-order valence-corrected chi connectivity index (χ0v) is 19.1. The molecular formula is C18H34IN5S. The smallest absolute Gasteiger partial charge is 0.191 e. The van der Waals surface area contributed by atoms with Gasteiger partial charge in [0.25, 0.3) is 0 Å². The number of thioether (sulfide) groups is 1. The Kier molecular flexibility index (Phi) is 10.9. The Balaban J connectivity index is 0.00000312. The highest BCUT2D eigenvalue weighted by molar-refractivity contribution is 14.0. The van der Waals surface area contributed by atoms with Gasteiger partial charge in [0.1, 0.15) is 5.82 Å². The quantitative estimate of drug-likeness (QED) is 0.354. The highest BCUT2D eigenvalue weighted by atomic mass is 127. The number of guanidine groups is 1. The Morgan fingerprint density at radius 3 is 2.92 bits per heavy atom. The van der Waals surface area contributed by atoms with E-state index in [2.05, 4.69) is 63.9 Å². The summed E-state index contributed by atoms with van der Waals surface area (Å²) in [5.41, 5.74) is 0. The maximum absolute atomic E-state index is 4.47. The lowest BCUT2D eigenvalue weighted by atomic mass is 9.95. The van der Waals surface area contributed by atoms with Crippen molar-refractivity contribution in [1.82, 2.24) is 20.2 Å². The van der Waals surface area contributed by atoms with E-state index in [1.807, 2.05) is 13.2 Å². The van der Waals surface area contributed by atoms with Gasteiger partial charge in [0.05, 0.1) is 6.54 Å². The normalized spacial score (nSPS) is 21.1. The molecule has 1 fully saturated rings. The average molecular weight is 479 g/mol. The fraction of sp³-hybridized carbons (Fsp3) is 0.778. The topological polar surface area (TPSA) is 54.2 Å². The molecule has 7 heteroatoms. The molecule has 2 unspecified atom stereocenters. The van der Waals surface area contributed by atoms with Crippen LogP contribution in [0.25, 0.3) is 0 Å². The average Bonchev–Trinajstić information content (AvgIpc) is 2.98. The number of aromatic nitrogens is 2. The SMILES string of the molecule is CCSC1CCCC(NC(=NC)NCc2nccn2CC(C)C)C1.I. The molecule has 5 nitrogen and oxygen atoms in total. The van der Waals surface area contributed by atoms with Gasteiger partial charge in [-0.05, 0) is 30.9 Å². The monoisotopic (exact) mass is 479 g/mol. The summed E-state index contributed by atoms with van der Waals surface area (Å²) in [4.78, 5) is 8.87. The Morgan fingerprint density at radius 2 is 2.24 bits per heavy atom. The first-order valence-corrected chi connectivity index (χ1v) is 10.3. The third-order valence-corrected chi connectivity index (χ3v) is 5.60. The van der Waals surface area contributed by atoms with Gasteiger partial charge in [-0.15, -0.1) is 24.0 Å². The predicted molar refractivity (Wildman–Crippen MR) is 120 cm³/mol. The van der Waals surface area contributed by atoms with Gasteiger partial charge < -0.3 is 15.2 Å². The molecular weight excluding hydrogens is 445 g/mol. The molecule has 1 aliphatic rings. The van der Waals surface area contributed by atoms with Crippen molar-refractivity contribution in [3.8, 4) is 0 Å². The summed E-state index contributed by atoms with van der Waals surface area (Å²) in [7, 11) is 1.84. The van der Waals surface area contributed by atoms with E-state index in [4.69, 9.17) is 0 Å². The lowest BCUT2D eigenvalue weighted by Crippen LogP contribution is -2.45. The van der Waals surface area contributed by atoms with Crippen LogP contribution in [0.1, 0.15) is 52.3 Å². The molecule has 0 radical (unpaired) electrons. The van der Waals surface area contributed by atoms with Crippen molar-refractivity contribution < 1.29 is 0 Å². The molecule has 0 bridgehead atoms. The molecule has 2 rings (SSSR count). The second kappa shape index (κ2) is 12.0. The minimum absolute atomic E-state index is 0. The van der Waals surface area contributed by atoms with E-state index in [-0.39, 0.29) is 24.0 Å². The molecule has 0 aromatic carbocycles. The second-order valence-electron chi connectivity index (χ2n) is 6.90. The zero-order chi connectivity index (χ0) is 17.4.